The van der Waals surface area contributed by atoms with E-state index < -0.39 is 204 Å². The van der Waals surface area contributed by atoms with Gasteiger partial charge in [-0.3, -0.25) is 14.4 Å². The number of aliphatic hydroxyl groups is 4. The molecule has 1 spiro atoms. The van der Waals surface area contributed by atoms with Gasteiger partial charge in [-0.2, -0.15) is 0 Å². The van der Waals surface area contributed by atoms with Crippen LogP contribution in [0.15, 0.2) is 58.4 Å². The van der Waals surface area contributed by atoms with Crippen LogP contribution >= 0.6 is 0 Å². The molecule has 93 heavy (non-hydrogen) atoms. The van der Waals surface area contributed by atoms with Crippen LogP contribution in [0.25, 0.3) is 0 Å². The molecule has 24 heteroatoms. The number of alkyl carbamates (subject to hydrolysis) is 1. The third-order valence-corrected chi connectivity index (χ3v) is 21.8. The Balaban J connectivity index is 0.906. The van der Waals surface area contributed by atoms with E-state index in [0.29, 0.717) is 44.0 Å². The molecule has 2 bridgehead atoms. The number of amides is 1. The first-order valence-electron chi connectivity index (χ1n) is 33.7. The number of hydrogen-bond acceptors (Lipinski definition) is 23. The van der Waals surface area contributed by atoms with Gasteiger partial charge in [-0.1, -0.05) is 64.5 Å². The molecule has 0 aromatic heterocycles. The van der Waals surface area contributed by atoms with E-state index in [-0.39, 0.29) is 49.5 Å². The zero-order valence-corrected chi connectivity index (χ0v) is 56.3. The van der Waals surface area contributed by atoms with Crippen LogP contribution in [0.3, 0.4) is 0 Å². The van der Waals surface area contributed by atoms with Crippen LogP contribution in [-0.2, 0) is 80.8 Å². The van der Waals surface area contributed by atoms with Crippen molar-refractivity contribution in [1.82, 2.24) is 5.32 Å². The van der Waals surface area contributed by atoms with Crippen molar-refractivity contribution in [1.29, 1.82) is 0 Å². The standard InChI is InChI=1S/C69H102N2O22/c1-31(2)64(78)92-60-39(10)85-54(27-50(60)89-51-22-20-49(37(8)83-51)88-53-26-47(75)59(38(9)84-53)90-52-21-18-45(73)36(7)82-52)91-58-35(6)23-34(5)57-42(58)16-17-43-32(3)15-19-48(87-55-29-67(12,70)61(40(11)86-55)71-66(80)81-14)33(4)24-44-46(74)25-41(30-72)28-69(44)63(77)56(65(79)93-69)62(76)68(43,57)13/h15-17,24-25,30-31,34-40,42-55,57-61,73-76H,18-23,26-29,70H2,1-14H3,(H,71,80)/b32-15+,33-24+,62-56+/t34?,35?,36-,37-,38-,39-,40+,42?,43?,44?,45+,46?,47+,48?,49+,50+,51-,52-,53+,54-,55-,57?,58?,59-,60-,61-,67-,68?,69?/m0/s1. The van der Waals surface area contributed by atoms with Gasteiger partial charge in [-0.15, -0.1) is 0 Å². The van der Waals surface area contributed by atoms with Crippen molar-refractivity contribution in [3.8, 4) is 0 Å². The van der Waals surface area contributed by atoms with Gasteiger partial charge in [0.15, 0.2) is 43.2 Å². The van der Waals surface area contributed by atoms with Crippen LogP contribution in [0.1, 0.15) is 154 Å². The lowest BCUT2D eigenvalue weighted by Gasteiger charge is -2.56. The summed E-state index contributed by atoms with van der Waals surface area (Å²) in [4.78, 5) is 68.8. The van der Waals surface area contributed by atoms with E-state index in [2.05, 4.69) is 25.2 Å². The van der Waals surface area contributed by atoms with E-state index in [1.807, 2.05) is 46.8 Å². The molecule has 6 heterocycles. The fraction of sp³-hybridized carbons (Fsp3) is 0.783. The number of aldehydes is 1. The van der Waals surface area contributed by atoms with Gasteiger partial charge in [0, 0.05) is 61.3 Å². The van der Waals surface area contributed by atoms with Crippen molar-refractivity contribution in [3.05, 3.63) is 58.4 Å². The fourth-order valence-electron chi connectivity index (χ4n) is 16.9. The average molecular weight is 1310 g/mol. The summed E-state index contributed by atoms with van der Waals surface area (Å²) in [6.45, 7) is 24.2. The zero-order chi connectivity index (χ0) is 67.5. The Morgan fingerprint density at radius 1 is 0.710 bits per heavy atom. The summed E-state index contributed by atoms with van der Waals surface area (Å²) in [5, 5.41) is 49.5. The molecule has 10 aliphatic rings. The second-order valence-corrected chi connectivity index (χ2v) is 29.1. The van der Waals surface area contributed by atoms with Crippen LogP contribution in [0.5, 0.6) is 0 Å². The molecule has 6 saturated heterocycles. The van der Waals surface area contributed by atoms with Gasteiger partial charge in [0.05, 0.1) is 92.1 Å². The Morgan fingerprint density at radius 3 is 2.00 bits per heavy atom. The molecule has 0 aromatic rings. The molecule has 6 aliphatic heterocycles. The average Bonchev–Trinajstić information content (AvgIpc) is 1.69. The number of allylic oxidation sites excluding steroid dienone is 3. The molecule has 0 radical (unpaired) electrons. The Bertz CT molecular complexity index is 2900. The second-order valence-electron chi connectivity index (χ2n) is 29.1. The summed E-state index contributed by atoms with van der Waals surface area (Å²) in [5.41, 5.74) is 3.19. The number of fused-ring (bicyclic) bond motifs is 4. The van der Waals surface area contributed by atoms with Gasteiger partial charge in [0.1, 0.15) is 29.8 Å². The van der Waals surface area contributed by atoms with Gasteiger partial charge < -0.3 is 93.1 Å². The van der Waals surface area contributed by atoms with Crippen LogP contribution < -0.4 is 11.1 Å². The molecule has 1 amide bonds. The SMILES string of the molecule is COC(=O)N[C@H]1[C@@H](C)O[C@@H](OC2C/C=C(\C)C3C=CC4C(O[C@H]5C[C@@H](O[C@H]6CC[C@@H](O[C@@H]7C[C@@H](O)[C@@H](O[C@H]8CC[C@@H](O)[C@H](C)O8)[C@H](C)O7)[C@H](C)O6)[C@@H](OC(=O)C(C)C)[C@H](C)O5)C(C)CC(C)C4C3(C)/C(O)=C3\C(=O)OC4(CC(C=O)=CC(O)C4/C=C/2C)C3=O)C[C@]1(C)N. The third kappa shape index (κ3) is 14.4. The van der Waals surface area contributed by atoms with E-state index in [9.17, 15) is 39.6 Å². The van der Waals surface area contributed by atoms with Crippen LogP contribution in [0.2, 0.25) is 0 Å². The number of ether oxygens (including phenoxy) is 13. The largest absolute Gasteiger partial charge is 0.511 e. The molecule has 24 nitrogen and oxygen atoms in total. The minimum atomic E-state index is -2.13. The van der Waals surface area contributed by atoms with Crippen molar-refractivity contribution >= 4 is 30.1 Å². The maximum atomic E-state index is 15.6. The lowest BCUT2D eigenvalue weighted by Crippen LogP contribution is -2.66. The third-order valence-electron chi connectivity index (χ3n) is 21.8. The molecular weight excluding hydrogens is 1210 g/mol. The number of nitrogens with one attached hydrogen (secondary N) is 1. The van der Waals surface area contributed by atoms with Crippen LogP contribution in [-0.4, -0.2) is 192 Å². The van der Waals surface area contributed by atoms with Gasteiger partial charge >= 0.3 is 18.0 Å². The quantitative estimate of drug-likeness (QED) is 0.0347. The van der Waals surface area contributed by atoms with Crippen molar-refractivity contribution in [2.24, 2.45) is 52.6 Å². The number of nitrogens with two attached hydrogens (primary N) is 1. The summed E-state index contributed by atoms with van der Waals surface area (Å²) < 4.78 is 82.6. The van der Waals surface area contributed by atoms with E-state index >= 15 is 4.79 Å². The fourth-order valence-corrected chi connectivity index (χ4v) is 16.9. The Hall–Kier alpha value is -4.51. The first kappa shape index (κ1) is 71.3. The van der Waals surface area contributed by atoms with Crippen molar-refractivity contribution in [3.63, 3.8) is 0 Å². The number of aliphatic hydroxyl groups excluding tert-OH is 4. The monoisotopic (exact) mass is 1310 g/mol. The molecule has 1 saturated carbocycles. The number of carbonyl (C=O) groups excluding carboxylic acids is 5. The number of carbonyl (C=O) groups is 5. The first-order chi connectivity index (χ1) is 43.9. The summed E-state index contributed by atoms with van der Waals surface area (Å²) in [5.74, 6) is -6.32. The summed E-state index contributed by atoms with van der Waals surface area (Å²) in [6, 6.07) is -0.639. The first-order valence-corrected chi connectivity index (χ1v) is 33.7. The molecule has 29 atom stereocenters. The zero-order valence-electron chi connectivity index (χ0n) is 56.3. The van der Waals surface area contributed by atoms with E-state index in [1.54, 1.807) is 47.6 Å². The highest BCUT2D eigenvalue weighted by Gasteiger charge is 2.65. The summed E-state index contributed by atoms with van der Waals surface area (Å²) in [7, 11) is 1.26. The van der Waals surface area contributed by atoms with E-state index in [0.717, 1.165) is 5.57 Å². The molecule has 7 N–H and O–H groups in total. The Labute approximate surface area is 545 Å². The topological polar surface area (TPSA) is 324 Å². The van der Waals surface area contributed by atoms with E-state index in [4.69, 9.17) is 67.3 Å². The molecule has 11 unspecified atom stereocenters. The van der Waals surface area contributed by atoms with E-state index in [1.165, 1.54) is 13.2 Å². The molecule has 10 rings (SSSR count). The van der Waals surface area contributed by atoms with Gasteiger partial charge in [0.2, 0.25) is 5.78 Å². The summed E-state index contributed by atoms with van der Waals surface area (Å²) in [6.07, 6.45) is -1.73. The predicted octanol–water partition coefficient (Wildman–Crippen LogP) is 6.68. The number of methoxy groups -OCH3 is 1. The summed E-state index contributed by atoms with van der Waals surface area (Å²) >= 11 is 0. The lowest BCUT2D eigenvalue weighted by molar-refractivity contribution is -0.331. The molecule has 4 aliphatic carbocycles. The predicted molar refractivity (Wildman–Crippen MR) is 332 cm³/mol. The molecule has 0 aromatic carbocycles. The minimum absolute atomic E-state index is 0.0475. The number of ketones is 1. The second kappa shape index (κ2) is 28.5. The molecular formula is C69H102N2O22. The minimum Gasteiger partial charge on any atom is -0.511 e. The van der Waals surface area contributed by atoms with Crippen LogP contribution in [0, 0.1) is 46.8 Å². The van der Waals surface area contributed by atoms with Crippen molar-refractivity contribution in [2.75, 3.05) is 7.11 Å². The van der Waals surface area contributed by atoms with Gasteiger partial charge in [-0.05, 0) is 116 Å². The molecule has 520 valence electrons. The highest BCUT2D eigenvalue weighted by atomic mass is 16.8. The smallest absolute Gasteiger partial charge is 0.407 e. The highest BCUT2D eigenvalue weighted by Crippen LogP contribution is 2.61. The molecule has 7 fully saturated rings. The number of hydrogen-bond donors (Lipinski definition) is 6. The van der Waals surface area contributed by atoms with Gasteiger partial charge in [-0.25, -0.2) is 9.59 Å². The normalized spacial score (nSPS) is 48.3. The van der Waals surface area contributed by atoms with Crippen molar-refractivity contribution in [2.45, 2.75) is 288 Å². The Morgan fingerprint density at radius 2 is 1.34 bits per heavy atom. The number of rotatable bonds is 14. The highest BCUT2D eigenvalue weighted by molar-refractivity contribution is 6.26. The maximum absolute atomic E-state index is 15.6. The van der Waals surface area contributed by atoms with Crippen LogP contribution in [0.4, 0.5) is 4.79 Å². The number of esters is 2. The number of Topliss-reactive ketones (excluding diaryl/α,β-unsaturated/α-hetero) is 1. The lowest BCUT2D eigenvalue weighted by atomic mass is 9.49. The van der Waals surface area contributed by atoms with Gasteiger partial charge in [0.25, 0.3) is 0 Å². The van der Waals surface area contributed by atoms with Crippen molar-refractivity contribution < 1.29 is 106 Å². The Kier molecular flexibility index (Phi) is 21.9. The maximum Gasteiger partial charge on any atom is 0.407 e.